The summed E-state index contributed by atoms with van der Waals surface area (Å²) >= 11 is 17.5. The number of carbonyl (C=O) groups is 1. The number of anilines is 1. The molecule has 0 saturated carbocycles. The highest BCUT2D eigenvalue weighted by atomic mass is 35.5. The van der Waals surface area contributed by atoms with E-state index in [4.69, 9.17) is 39.5 Å². The van der Waals surface area contributed by atoms with Crippen molar-refractivity contribution in [3.05, 3.63) is 22.2 Å². The Balaban J connectivity index is 2.80. The zero-order valence-corrected chi connectivity index (χ0v) is 12.2. The highest BCUT2D eigenvalue weighted by Crippen LogP contribution is 2.34. The lowest BCUT2D eigenvalue weighted by atomic mass is 10.3. The van der Waals surface area contributed by atoms with E-state index >= 15 is 0 Å². The van der Waals surface area contributed by atoms with Crippen molar-refractivity contribution in [3.63, 3.8) is 0 Å². The van der Waals surface area contributed by atoms with Gasteiger partial charge in [0.15, 0.2) is 0 Å². The van der Waals surface area contributed by atoms with Gasteiger partial charge in [-0.3, -0.25) is 4.79 Å². The van der Waals surface area contributed by atoms with Crippen LogP contribution in [-0.4, -0.2) is 18.4 Å². The van der Waals surface area contributed by atoms with Gasteiger partial charge in [0, 0.05) is 12.1 Å². The van der Waals surface area contributed by atoms with Crippen molar-refractivity contribution in [2.75, 3.05) is 17.8 Å². The zero-order valence-electron chi connectivity index (χ0n) is 9.93. The number of hydrogen-bond donors (Lipinski definition) is 1. The summed E-state index contributed by atoms with van der Waals surface area (Å²) in [6.45, 7) is 2.69. The van der Waals surface area contributed by atoms with Crippen LogP contribution in [0.4, 0.5) is 5.69 Å². The molecule has 0 radical (unpaired) electrons. The fourth-order valence-electron chi connectivity index (χ4n) is 1.26. The van der Waals surface area contributed by atoms with Crippen molar-refractivity contribution in [3.8, 4) is 5.75 Å². The maximum absolute atomic E-state index is 11.2. The lowest BCUT2D eigenvalue weighted by Gasteiger charge is -2.11. The number of nitrogens with one attached hydrogen (secondary N) is 1. The molecule has 1 N–H and O–H groups in total. The van der Waals surface area contributed by atoms with E-state index in [9.17, 15) is 4.79 Å². The molecule has 1 rings (SSSR count). The van der Waals surface area contributed by atoms with Gasteiger partial charge in [-0.25, -0.2) is 0 Å². The highest BCUT2D eigenvalue weighted by molar-refractivity contribution is 6.40. The minimum atomic E-state index is -0.361. The molecule has 0 bridgehead atoms. The van der Waals surface area contributed by atoms with Crippen molar-refractivity contribution >= 4 is 46.4 Å². The molecular weight excluding hydrogens is 296 g/mol. The third kappa shape index (κ3) is 4.56. The van der Waals surface area contributed by atoms with Crippen LogP contribution in [0.15, 0.2) is 12.1 Å². The van der Waals surface area contributed by atoms with Gasteiger partial charge in [0.2, 0.25) is 5.91 Å². The number of unbranched alkanes of at least 4 members (excludes halogenated alkanes) is 1. The second kappa shape index (κ2) is 7.72. The average molecular weight is 311 g/mol. The van der Waals surface area contributed by atoms with Crippen LogP contribution in [0.3, 0.4) is 0 Å². The van der Waals surface area contributed by atoms with Crippen LogP contribution < -0.4 is 10.1 Å². The topological polar surface area (TPSA) is 38.3 Å². The Morgan fingerprint density at radius 3 is 2.44 bits per heavy atom. The molecule has 1 amide bonds. The zero-order chi connectivity index (χ0) is 13.5. The lowest BCUT2D eigenvalue weighted by Crippen LogP contribution is -2.13. The van der Waals surface area contributed by atoms with Gasteiger partial charge in [0.25, 0.3) is 0 Å². The van der Waals surface area contributed by atoms with Crippen molar-refractivity contribution in [1.29, 1.82) is 0 Å². The van der Waals surface area contributed by atoms with Gasteiger partial charge < -0.3 is 10.1 Å². The lowest BCUT2D eigenvalue weighted by molar-refractivity contribution is -0.113. The van der Waals surface area contributed by atoms with E-state index in [1.807, 2.05) is 0 Å². The SMILES string of the molecule is CCCCOc1cc(Cl)c(NC(=O)CCl)c(Cl)c1. The molecule has 1 aromatic rings. The predicted molar refractivity (Wildman–Crippen MR) is 76.2 cm³/mol. The Morgan fingerprint density at radius 1 is 1.33 bits per heavy atom. The van der Waals surface area contributed by atoms with Crippen molar-refractivity contribution in [2.24, 2.45) is 0 Å². The summed E-state index contributed by atoms with van der Waals surface area (Å²) in [5, 5.41) is 3.19. The van der Waals surface area contributed by atoms with Gasteiger partial charge in [-0.1, -0.05) is 36.5 Å². The molecule has 0 heterocycles. The number of amides is 1. The Morgan fingerprint density at radius 2 is 1.94 bits per heavy atom. The summed E-state index contributed by atoms with van der Waals surface area (Å²) in [6.07, 6.45) is 2.01. The first kappa shape index (κ1) is 15.4. The molecular formula is C12H14Cl3NO2. The molecule has 0 aliphatic heterocycles. The van der Waals surface area contributed by atoms with Crippen LogP contribution in [0, 0.1) is 0 Å². The molecule has 0 spiro atoms. The fourth-order valence-corrected chi connectivity index (χ4v) is 1.89. The summed E-state index contributed by atoms with van der Waals surface area (Å²) in [5.41, 5.74) is 0.354. The van der Waals surface area contributed by atoms with E-state index in [-0.39, 0.29) is 11.8 Å². The Kier molecular flexibility index (Phi) is 6.61. The van der Waals surface area contributed by atoms with Crippen LogP contribution in [0.5, 0.6) is 5.75 Å². The molecule has 0 aromatic heterocycles. The van der Waals surface area contributed by atoms with E-state index in [1.165, 1.54) is 0 Å². The van der Waals surface area contributed by atoms with Crippen LogP contribution >= 0.6 is 34.8 Å². The monoisotopic (exact) mass is 309 g/mol. The summed E-state index contributed by atoms with van der Waals surface area (Å²) in [4.78, 5) is 11.2. The predicted octanol–water partition coefficient (Wildman–Crippen LogP) is 4.35. The van der Waals surface area contributed by atoms with Crippen LogP contribution in [-0.2, 0) is 4.79 Å². The molecule has 0 saturated heterocycles. The Labute approximate surface area is 121 Å². The standard InChI is InChI=1S/C12H14Cl3NO2/c1-2-3-4-18-8-5-9(14)12(10(15)6-8)16-11(17)7-13/h5-6H,2-4,7H2,1H3,(H,16,17). The Bertz CT molecular complexity index is 401. The maximum atomic E-state index is 11.2. The normalized spacial score (nSPS) is 10.2. The Hall–Kier alpha value is -0.640. The molecule has 0 aliphatic carbocycles. The van der Waals surface area contributed by atoms with Gasteiger partial charge in [0.1, 0.15) is 11.6 Å². The number of halogens is 3. The largest absolute Gasteiger partial charge is 0.493 e. The number of ether oxygens (including phenoxy) is 1. The summed E-state index contributed by atoms with van der Waals surface area (Å²) in [7, 11) is 0. The number of carbonyl (C=O) groups excluding carboxylic acids is 1. The number of alkyl halides is 1. The van der Waals surface area contributed by atoms with Crippen LogP contribution in [0.1, 0.15) is 19.8 Å². The highest BCUT2D eigenvalue weighted by Gasteiger charge is 2.11. The first-order valence-electron chi connectivity index (χ1n) is 5.56. The van der Waals surface area contributed by atoms with E-state index in [0.717, 1.165) is 12.8 Å². The van der Waals surface area contributed by atoms with Gasteiger partial charge in [-0.05, 0) is 6.42 Å². The van der Waals surface area contributed by atoms with E-state index in [2.05, 4.69) is 12.2 Å². The molecule has 6 heteroatoms. The molecule has 0 aliphatic rings. The quantitative estimate of drug-likeness (QED) is 0.626. The van der Waals surface area contributed by atoms with Crippen molar-refractivity contribution in [1.82, 2.24) is 0 Å². The van der Waals surface area contributed by atoms with E-state index in [1.54, 1.807) is 12.1 Å². The first-order chi connectivity index (χ1) is 8.58. The summed E-state index contributed by atoms with van der Waals surface area (Å²) < 4.78 is 5.49. The molecule has 0 atom stereocenters. The first-order valence-corrected chi connectivity index (χ1v) is 6.85. The summed E-state index contributed by atoms with van der Waals surface area (Å²) in [5.74, 6) is 0.0731. The van der Waals surface area contributed by atoms with Gasteiger partial charge in [0.05, 0.1) is 22.3 Å². The number of hydrogen-bond acceptors (Lipinski definition) is 2. The van der Waals surface area contributed by atoms with Gasteiger partial charge in [-0.2, -0.15) is 0 Å². The molecule has 0 unspecified atom stereocenters. The molecule has 18 heavy (non-hydrogen) atoms. The number of rotatable bonds is 6. The van der Waals surface area contributed by atoms with Crippen LogP contribution in [0.25, 0.3) is 0 Å². The van der Waals surface area contributed by atoms with Gasteiger partial charge >= 0.3 is 0 Å². The molecule has 100 valence electrons. The van der Waals surface area contributed by atoms with Gasteiger partial charge in [-0.15, -0.1) is 11.6 Å². The molecule has 1 aromatic carbocycles. The number of benzene rings is 1. The minimum Gasteiger partial charge on any atom is -0.493 e. The van der Waals surface area contributed by atoms with Crippen molar-refractivity contribution < 1.29 is 9.53 Å². The van der Waals surface area contributed by atoms with E-state index in [0.29, 0.717) is 28.1 Å². The third-order valence-electron chi connectivity index (χ3n) is 2.17. The van der Waals surface area contributed by atoms with Crippen LogP contribution in [0.2, 0.25) is 10.0 Å². The molecule has 3 nitrogen and oxygen atoms in total. The minimum absolute atomic E-state index is 0.151. The summed E-state index contributed by atoms with van der Waals surface area (Å²) in [6, 6.07) is 3.24. The maximum Gasteiger partial charge on any atom is 0.239 e. The fraction of sp³-hybridized carbons (Fsp3) is 0.417. The van der Waals surface area contributed by atoms with E-state index < -0.39 is 0 Å². The second-order valence-corrected chi connectivity index (χ2v) is 4.73. The third-order valence-corrected chi connectivity index (χ3v) is 3.01. The van der Waals surface area contributed by atoms with Crippen molar-refractivity contribution in [2.45, 2.75) is 19.8 Å². The average Bonchev–Trinajstić information content (AvgIpc) is 2.34. The second-order valence-electron chi connectivity index (χ2n) is 3.65. The molecule has 0 fully saturated rings. The smallest absolute Gasteiger partial charge is 0.239 e.